The number of hydrogen-bond acceptors (Lipinski definition) is 8. The third kappa shape index (κ3) is 5.96. The predicted octanol–water partition coefficient (Wildman–Crippen LogP) is 3.05. The van der Waals surface area contributed by atoms with Crippen molar-refractivity contribution in [3.63, 3.8) is 0 Å². The molecule has 0 aliphatic heterocycles. The summed E-state index contributed by atoms with van der Waals surface area (Å²) in [6.07, 6.45) is 1.72. The Balaban J connectivity index is 1.79. The van der Waals surface area contributed by atoms with Gasteiger partial charge in [-0.15, -0.1) is 11.3 Å². The van der Waals surface area contributed by atoms with E-state index in [4.69, 9.17) is 0 Å². The van der Waals surface area contributed by atoms with Crippen molar-refractivity contribution in [1.29, 1.82) is 0 Å². The Bertz CT molecular complexity index is 1150. The molecule has 11 heteroatoms. The normalized spacial score (nSPS) is 13.6. The molecule has 2 aromatic heterocycles. The fourth-order valence-corrected chi connectivity index (χ4v) is 4.54. The van der Waals surface area contributed by atoms with E-state index in [0.717, 1.165) is 10.4 Å². The Morgan fingerprint density at radius 3 is 2.66 bits per heavy atom. The summed E-state index contributed by atoms with van der Waals surface area (Å²) >= 11 is 1.58. The van der Waals surface area contributed by atoms with Crippen LogP contribution in [0.3, 0.4) is 0 Å². The van der Waals surface area contributed by atoms with Crippen molar-refractivity contribution in [3.8, 4) is 10.4 Å². The first-order valence-electron chi connectivity index (χ1n) is 9.90. The van der Waals surface area contributed by atoms with Gasteiger partial charge in [0.15, 0.2) is 0 Å². The molecule has 9 nitrogen and oxygen atoms in total. The second-order valence-electron chi connectivity index (χ2n) is 6.95. The lowest BCUT2D eigenvalue weighted by atomic mass is 10.2. The lowest BCUT2D eigenvalue weighted by Gasteiger charge is -2.16. The molecule has 1 unspecified atom stereocenters. The van der Waals surface area contributed by atoms with Crippen LogP contribution in [0.25, 0.3) is 10.4 Å². The average molecular weight is 475 g/mol. The molecular formula is C21H26N6O3S2. The molecule has 2 heterocycles. The fourth-order valence-electron chi connectivity index (χ4n) is 2.74. The number of thiophene rings is 1. The van der Waals surface area contributed by atoms with Crippen LogP contribution in [0.2, 0.25) is 0 Å². The molecule has 0 radical (unpaired) electrons. The molecule has 170 valence electrons. The molecular weight excluding hydrogens is 448 g/mol. The molecule has 0 saturated heterocycles. The van der Waals surface area contributed by atoms with Crippen molar-refractivity contribution in [3.05, 3.63) is 48.0 Å². The minimum absolute atomic E-state index is 0.0350. The maximum Gasteiger partial charge on any atom is 0.326 e. The van der Waals surface area contributed by atoms with Crippen molar-refractivity contribution in [2.45, 2.75) is 24.8 Å². The van der Waals surface area contributed by atoms with Crippen molar-refractivity contribution >= 4 is 50.4 Å². The molecule has 3 rings (SSSR count). The summed E-state index contributed by atoms with van der Waals surface area (Å²) in [6, 6.07) is 9.88. The van der Waals surface area contributed by atoms with Gasteiger partial charge in [-0.25, -0.2) is 14.0 Å². The van der Waals surface area contributed by atoms with Gasteiger partial charge in [-0.05, 0) is 55.4 Å². The van der Waals surface area contributed by atoms with E-state index >= 15 is 0 Å². The number of nitrogens with zero attached hydrogens (tertiary/aromatic N) is 2. The van der Waals surface area contributed by atoms with Crippen molar-refractivity contribution in [2.75, 3.05) is 23.8 Å². The summed E-state index contributed by atoms with van der Waals surface area (Å²) in [5, 5.41) is 20.2. The quantitative estimate of drug-likeness (QED) is 0.302. The first kappa shape index (κ1) is 23.5. The molecule has 5 N–H and O–H groups in total. The first-order valence-corrected chi connectivity index (χ1v) is 12.5. The number of carbonyl (C=O) groups excluding carboxylic acids is 1. The van der Waals surface area contributed by atoms with E-state index in [9.17, 15) is 14.1 Å². The Kier molecular flexibility index (Phi) is 7.67. The summed E-state index contributed by atoms with van der Waals surface area (Å²) in [7, 11) is -2.98. The summed E-state index contributed by atoms with van der Waals surface area (Å²) in [5.74, 6) is 4.61. The topological polar surface area (TPSA) is 128 Å². The number of rotatable bonds is 9. The number of urea groups is 1. The van der Waals surface area contributed by atoms with Gasteiger partial charge in [-0.3, -0.25) is 4.72 Å². The SMILES string of the molecule is C=S(=O)(NC(=O)NCC)c1ccc(Nc2ncc(-c3cccs3)c(N[C@H](C)CO)n2)cc1. The number of aromatic nitrogens is 2. The van der Waals surface area contributed by atoms with Gasteiger partial charge in [0.2, 0.25) is 5.95 Å². The standard InChI is InChI=1S/C21H26N6O3S2/c1-4-22-21(29)27-32(3,30)16-9-7-15(8-10-16)25-20-23-12-17(18-6-5-11-31-18)19(26-20)24-14(2)13-28/h5-12,14,28H,3-4,13H2,1-2H3,(H2,22,27,29,30)(H2,23,24,25,26)/t14-,32?/m1/s1. The van der Waals surface area contributed by atoms with Gasteiger partial charge in [0.05, 0.1) is 21.9 Å². The summed E-state index contributed by atoms with van der Waals surface area (Å²) < 4.78 is 15.1. The number of benzene rings is 1. The zero-order valence-corrected chi connectivity index (χ0v) is 19.4. The monoisotopic (exact) mass is 474 g/mol. The van der Waals surface area contributed by atoms with Crippen molar-refractivity contribution in [2.24, 2.45) is 0 Å². The molecule has 0 fully saturated rings. The van der Waals surface area contributed by atoms with Crippen molar-refractivity contribution in [1.82, 2.24) is 20.0 Å². The van der Waals surface area contributed by atoms with Gasteiger partial charge < -0.3 is 21.1 Å². The van der Waals surface area contributed by atoms with Crippen LogP contribution in [-0.2, 0) is 9.71 Å². The van der Waals surface area contributed by atoms with E-state index in [0.29, 0.717) is 28.9 Å². The van der Waals surface area contributed by atoms with Crippen molar-refractivity contribution < 1.29 is 14.1 Å². The number of anilines is 3. The van der Waals surface area contributed by atoms with Crippen LogP contribution in [0.15, 0.2) is 52.9 Å². The largest absolute Gasteiger partial charge is 0.394 e. The highest BCUT2D eigenvalue weighted by molar-refractivity contribution is 7.99. The zero-order chi connectivity index (χ0) is 23.1. The van der Waals surface area contributed by atoms with Gasteiger partial charge in [-0.1, -0.05) is 6.07 Å². The molecule has 0 aliphatic carbocycles. The second-order valence-corrected chi connectivity index (χ2v) is 9.92. The van der Waals surface area contributed by atoms with Crippen LogP contribution < -0.4 is 20.7 Å². The van der Waals surface area contributed by atoms with Crippen LogP contribution in [0, 0.1) is 0 Å². The van der Waals surface area contributed by atoms with Crippen LogP contribution in [0.5, 0.6) is 0 Å². The highest BCUT2D eigenvalue weighted by Gasteiger charge is 2.14. The number of nitrogens with one attached hydrogen (secondary N) is 4. The van der Waals surface area contributed by atoms with Gasteiger partial charge in [0.25, 0.3) is 0 Å². The molecule has 0 bridgehead atoms. The lowest BCUT2D eigenvalue weighted by Crippen LogP contribution is -2.39. The molecule has 0 saturated carbocycles. The van der Waals surface area contributed by atoms with Crippen LogP contribution in [0.1, 0.15) is 13.8 Å². The summed E-state index contributed by atoms with van der Waals surface area (Å²) in [4.78, 5) is 22.1. The molecule has 3 aromatic rings. The molecule has 0 aliphatic rings. The molecule has 0 spiro atoms. The zero-order valence-electron chi connectivity index (χ0n) is 17.8. The Labute approximate surface area is 191 Å². The molecule has 2 amide bonds. The van der Waals surface area contributed by atoms with Crippen LogP contribution >= 0.6 is 11.3 Å². The Hall–Kier alpha value is -3.15. The highest BCUT2D eigenvalue weighted by atomic mass is 32.2. The van der Waals surface area contributed by atoms with Gasteiger partial charge >= 0.3 is 6.03 Å². The van der Waals surface area contributed by atoms with E-state index in [1.807, 2.05) is 24.4 Å². The van der Waals surface area contributed by atoms with Gasteiger partial charge in [0.1, 0.15) is 5.82 Å². The fraction of sp³-hybridized carbons (Fsp3) is 0.238. The smallest absolute Gasteiger partial charge is 0.326 e. The highest BCUT2D eigenvalue weighted by Crippen LogP contribution is 2.31. The number of amides is 2. The number of carbonyl (C=O) groups is 1. The molecule has 32 heavy (non-hydrogen) atoms. The van der Waals surface area contributed by atoms with E-state index in [2.05, 4.69) is 36.5 Å². The maximum absolute atomic E-state index is 12.7. The van der Waals surface area contributed by atoms with E-state index < -0.39 is 15.7 Å². The van der Waals surface area contributed by atoms with E-state index in [1.165, 1.54) is 0 Å². The minimum atomic E-state index is -2.98. The number of aliphatic hydroxyl groups excluding tert-OH is 1. The molecule has 2 atom stereocenters. The average Bonchev–Trinajstić information content (AvgIpc) is 3.28. The van der Waals surface area contributed by atoms with Crippen LogP contribution in [0.4, 0.5) is 22.2 Å². The summed E-state index contributed by atoms with van der Waals surface area (Å²) in [6.45, 7) is 4.01. The third-order valence-corrected chi connectivity index (χ3v) is 6.77. The Morgan fingerprint density at radius 1 is 1.28 bits per heavy atom. The lowest BCUT2D eigenvalue weighted by molar-refractivity contribution is 0.246. The van der Waals surface area contributed by atoms with E-state index in [-0.39, 0.29) is 12.6 Å². The first-order chi connectivity index (χ1) is 15.3. The third-order valence-electron chi connectivity index (χ3n) is 4.32. The molecule has 1 aromatic carbocycles. The van der Waals surface area contributed by atoms with Gasteiger partial charge in [0, 0.05) is 34.2 Å². The maximum atomic E-state index is 12.7. The van der Waals surface area contributed by atoms with Crippen LogP contribution in [-0.4, -0.2) is 50.4 Å². The summed E-state index contributed by atoms with van der Waals surface area (Å²) in [5.41, 5.74) is 1.52. The minimum Gasteiger partial charge on any atom is -0.394 e. The number of aliphatic hydroxyl groups is 1. The Morgan fingerprint density at radius 2 is 2.03 bits per heavy atom. The van der Waals surface area contributed by atoms with Gasteiger partial charge in [-0.2, -0.15) is 4.98 Å². The van der Waals surface area contributed by atoms with E-state index in [1.54, 1.807) is 48.7 Å². The second kappa shape index (κ2) is 10.4. The predicted molar refractivity (Wildman–Crippen MR) is 131 cm³/mol. The number of hydrogen-bond donors (Lipinski definition) is 5.